The molecule has 2 aromatic rings. The van der Waals surface area contributed by atoms with Crippen molar-refractivity contribution in [2.45, 2.75) is 76.2 Å². The fourth-order valence-electron chi connectivity index (χ4n) is 5.53. The van der Waals surface area contributed by atoms with E-state index in [2.05, 4.69) is 4.90 Å². The smallest absolute Gasteiger partial charge is 0.343 e. The minimum absolute atomic E-state index is 0.0350. The van der Waals surface area contributed by atoms with Crippen LogP contribution in [0.15, 0.2) is 59.3 Å². The van der Waals surface area contributed by atoms with Crippen molar-refractivity contribution in [1.82, 2.24) is 5.06 Å². The van der Waals surface area contributed by atoms with Crippen molar-refractivity contribution in [3.8, 4) is 0 Å². The predicted molar refractivity (Wildman–Crippen MR) is 161 cm³/mol. The number of amides is 2. The minimum Gasteiger partial charge on any atom is -0.744 e. The highest BCUT2D eigenvalue weighted by Gasteiger charge is 2.40. The van der Waals surface area contributed by atoms with Crippen LogP contribution in [0.1, 0.15) is 80.9 Å². The summed E-state index contributed by atoms with van der Waals surface area (Å²) >= 11 is 0. The first-order valence-corrected chi connectivity index (χ1v) is 16.1. The SMILES string of the molecule is CC[n+]1cc(C(=O)OC)ccc1C=CC=C1N(CCCCCC(=O)ON2C(=O)CCC2=O)c2ccc(S(=O)(=O)[O-])cc2C1(C)C. The molecule has 2 aliphatic heterocycles. The molecule has 1 saturated heterocycles. The standard InChI is InChI=1S/C32H37N3O9S/c1-5-33-21-22(31(39)43-4)13-14-23(33)10-9-11-27-32(2,3)25-20-24(45(40,41)42)15-16-26(25)34(27)19-8-6-7-12-30(38)44-35-28(36)17-18-29(35)37/h9-11,13-16,20-21H,5-8,12,17-19H2,1-4H3. The number of anilines is 1. The van der Waals surface area contributed by atoms with Crippen LogP contribution in [-0.2, 0) is 46.0 Å². The van der Waals surface area contributed by atoms with Crippen molar-refractivity contribution in [3.63, 3.8) is 0 Å². The number of carbonyl (C=O) groups excluding carboxylic acids is 4. The second-order valence-corrected chi connectivity index (χ2v) is 12.7. The van der Waals surface area contributed by atoms with Crippen molar-refractivity contribution in [2.24, 2.45) is 0 Å². The van der Waals surface area contributed by atoms with Gasteiger partial charge in [-0.15, -0.1) is 5.06 Å². The summed E-state index contributed by atoms with van der Waals surface area (Å²) in [6.07, 6.45) is 9.36. The number of benzene rings is 1. The van der Waals surface area contributed by atoms with Gasteiger partial charge in [-0.2, -0.15) is 4.57 Å². The highest BCUT2D eigenvalue weighted by molar-refractivity contribution is 7.85. The van der Waals surface area contributed by atoms with E-state index < -0.39 is 39.3 Å². The number of esters is 1. The molecule has 3 heterocycles. The number of unbranched alkanes of at least 4 members (excludes halogenated alkanes) is 2. The van der Waals surface area contributed by atoms with Crippen LogP contribution in [0.4, 0.5) is 5.69 Å². The van der Waals surface area contributed by atoms with Gasteiger partial charge in [0.05, 0.1) is 12.0 Å². The van der Waals surface area contributed by atoms with Gasteiger partial charge in [0.15, 0.2) is 6.20 Å². The first kappa shape index (κ1) is 33.5. The van der Waals surface area contributed by atoms with E-state index in [-0.39, 0.29) is 24.2 Å². The number of hydrogen-bond acceptors (Lipinski definition) is 10. The maximum absolute atomic E-state index is 12.2. The average molecular weight is 640 g/mol. The Kier molecular flexibility index (Phi) is 10.2. The van der Waals surface area contributed by atoms with E-state index in [1.807, 2.05) is 49.6 Å². The third kappa shape index (κ3) is 7.48. The number of imide groups is 1. The topological polar surface area (TPSA) is 154 Å². The molecule has 12 nitrogen and oxygen atoms in total. The van der Waals surface area contributed by atoms with Crippen LogP contribution >= 0.6 is 0 Å². The van der Waals surface area contributed by atoms with Crippen LogP contribution in [0.5, 0.6) is 0 Å². The maximum Gasteiger partial charge on any atom is 0.343 e. The molecule has 1 aromatic carbocycles. The van der Waals surface area contributed by atoms with Gasteiger partial charge in [-0.1, -0.05) is 26.3 Å². The van der Waals surface area contributed by atoms with Gasteiger partial charge >= 0.3 is 11.9 Å². The Morgan fingerprint density at radius 2 is 1.78 bits per heavy atom. The molecule has 4 rings (SSSR count). The molecular weight excluding hydrogens is 602 g/mol. The summed E-state index contributed by atoms with van der Waals surface area (Å²) in [7, 11) is -3.33. The Morgan fingerprint density at radius 1 is 1.07 bits per heavy atom. The molecule has 2 amide bonds. The summed E-state index contributed by atoms with van der Waals surface area (Å²) in [5.41, 5.74) is 3.01. The van der Waals surface area contributed by atoms with Crippen molar-refractivity contribution in [1.29, 1.82) is 0 Å². The van der Waals surface area contributed by atoms with Gasteiger partial charge in [-0.25, -0.2) is 18.0 Å². The number of carbonyl (C=O) groups is 4. The molecule has 0 atom stereocenters. The summed E-state index contributed by atoms with van der Waals surface area (Å²) in [5, 5.41) is 0.544. The average Bonchev–Trinajstić information content (AvgIpc) is 3.42. The summed E-state index contributed by atoms with van der Waals surface area (Å²) in [6.45, 7) is 7.04. The number of rotatable bonds is 12. The van der Waals surface area contributed by atoms with Crippen LogP contribution in [0, 0.1) is 0 Å². The van der Waals surface area contributed by atoms with Crippen LogP contribution in [0.2, 0.25) is 0 Å². The van der Waals surface area contributed by atoms with Crippen molar-refractivity contribution in [2.75, 3.05) is 18.6 Å². The van der Waals surface area contributed by atoms with E-state index in [0.717, 1.165) is 17.1 Å². The number of aryl methyl sites for hydroxylation is 1. The van der Waals surface area contributed by atoms with E-state index in [1.54, 1.807) is 18.3 Å². The van der Waals surface area contributed by atoms with Crippen molar-refractivity contribution in [3.05, 3.63) is 71.2 Å². The third-order valence-corrected chi connectivity index (χ3v) is 8.79. The lowest BCUT2D eigenvalue weighted by Crippen LogP contribution is -2.36. The molecule has 0 bridgehead atoms. The first-order valence-electron chi connectivity index (χ1n) is 14.7. The summed E-state index contributed by atoms with van der Waals surface area (Å²) in [6, 6.07) is 7.90. The monoisotopic (exact) mass is 639 g/mol. The Hall–Kier alpha value is -4.36. The second kappa shape index (κ2) is 13.7. The zero-order valence-corrected chi connectivity index (χ0v) is 26.6. The van der Waals surface area contributed by atoms with E-state index in [4.69, 9.17) is 9.57 Å². The minimum atomic E-state index is -4.66. The van der Waals surface area contributed by atoms with E-state index in [9.17, 15) is 32.1 Å². The molecule has 13 heteroatoms. The third-order valence-electron chi connectivity index (χ3n) is 7.96. The Labute approximate surface area is 262 Å². The highest BCUT2D eigenvalue weighted by atomic mass is 32.2. The number of nitrogens with zero attached hydrogens (tertiary/aromatic N) is 3. The lowest BCUT2D eigenvalue weighted by molar-refractivity contribution is -0.695. The Morgan fingerprint density at radius 3 is 2.42 bits per heavy atom. The molecule has 1 aromatic heterocycles. The molecule has 0 N–H and O–H groups in total. The zero-order chi connectivity index (χ0) is 32.9. The number of allylic oxidation sites excluding steroid dienone is 3. The van der Waals surface area contributed by atoms with Gasteiger partial charge in [0.2, 0.25) is 5.69 Å². The van der Waals surface area contributed by atoms with Crippen LogP contribution in [0.25, 0.3) is 6.08 Å². The normalized spacial score (nSPS) is 17.0. The largest absolute Gasteiger partial charge is 0.744 e. The fourth-order valence-corrected chi connectivity index (χ4v) is 6.03. The number of fused-ring (bicyclic) bond motifs is 1. The van der Waals surface area contributed by atoms with E-state index in [1.165, 1.54) is 19.2 Å². The van der Waals surface area contributed by atoms with Crippen molar-refractivity contribution >= 4 is 45.6 Å². The number of aromatic nitrogens is 1. The molecule has 0 saturated carbocycles. The van der Waals surface area contributed by atoms with Crippen LogP contribution in [0.3, 0.4) is 0 Å². The molecule has 1 fully saturated rings. The number of ether oxygens (including phenoxy) is 1. The molecule has 0 radical (unpaired) electrons. The lowest BCUT2D eigenvalue weighted by atomic mass is 9.83. The van der Waals surface area contributed by atoms with Crippen LogP contribution < -0.4 is 9.47 Å². The summed E-state index contributed by atoms with van der Waals surface area (Å²) in [5.74, 6) is -2.11. The summed E-state index contributed by atoms with van der Waals surface area (Å²) in [4.78, 5) is 54.2. The van der Waals surface area contributed by atoms with E-state index in [0.29, 0.717) is 48.5 Å². The maximum atomic E-state index is 12.2. The first-order chi connectivity index (χ1) is 21.3. The molecule has 240 valence electrons. The molecule has 0 aliphatic carbocycles. The molecular formula is C32H37N3O9S. The zero-order valence-electron chi connectivity index (χ0n) is 25.8. The van der Waals surface area contributed by atoms with Gasteiger partial charge in [-0.3, -0.25) is 9.59 Å². The van der Waals surface area contributed by atoms with Gasteiger partial charge in [0.1, 0.15) is 22.2 Å². The molecule has 0 spiro atoms. The quantitative estimate of drug-likeness (QED) is 0.111. The molecule has 2 aliphatic rings. The number of pyridine rings is 1. The molecule has 45 heavy (non-hydrogen) atoms. The van der Waals surface area contributed by atoms with Gasteiger partial charge in [0.25, 0.3) is 11.8 Å². The molecule has 0 unspecified atom stereocenters. The van der Waals surface area contributed by atoms with Crippen molar-refractivity contribution < 1.29 is 46.3 Å². The van der Waals surface area contributed by atoms with Gasteiger partial charge in [0, 0.05) is 54.7 Å². The van der Waals surface area contributed by atoms with Crippen LogP contribution in [-0.4, -0.2) is 55.4 Å². The Bertz CT molecular complexity index is 1660. The second-order valence-electron chi connectivity index (χ2n) is 11.3. The number of methoxy groups -OCH3 is 1. The number of hydrogen-bond donors (Lipinski definition) is 0. The lowest BCUT2D eigenvalue weighted by Gasteiger charge is -2.27. The predicted octanol–water partition coefficient (Wildman–Crippen LogP) is 3.55. The number of hydroxylamine groups is 2. The van der Waals surface area contributed by atoms with Gasteiger partial charge in [-0.05, 0) is 55.7 Å². The fraction of sp³-hybridized carbons (Fsp3) is 0.406. The Balaban J connectivity index is 1.52. The highest BCUT2D eigenvalue weighted by Crippen LogP contribution is 2.48. The van der Waals surface area contributed by atoms with E-state index >= 15 is 0 Å². The summed E-state index contributed by atoms with van der Waals surface area (Å²) < 4.78 is 42.2. The van der Waals surface area contributed by atoms with Gasteiger partial charge < -0.3 is 19.0 Å².